The molecule has 1 atom stereocenters. The van der Waals surface area contributed by atoms with E-state index >= 15 is 0 Å². The van der Waals surface area contributed by atoms with Gasteiger partial charge in [-0.25, -0.2) is 0 Å². The Balaban J connectivity index is 1.73. The lowest BCUT2D eigenvalue weighted by Gasteiger charge is -2.13. The van der Waals surface area contributed by atoms with Gasteiger partial charge in [0.15, 0.2) is 0 Å². The third-order valence-corrected chi connectivity index (χ3v) is 5.99. The molecule has 2 nitrogen and oxygen atoms in total. The Morgan fingerprint density at radius 3 is 2.33 bits per heavy atom. The molecular formula is C20H18O2S2. The van der Waals surface area contributed by atoms with Crippen LogP contribution in [0.2, 0.25) is 0 Å². The molecule has 3 aromatic rings. The number of thiophene rings is 1. The van der Waals surface area contributed by atoms with Crippen LogP contribution in [0.15, 0.2) is 76.3 Å². The van der Waals surface area contributed by atoms with Gasteiger partial charge >= 0.3 is 5.97 Å². The van der Waals surface area contributed by atoms with Gasteiger partial charge in [0, 0.05) is 5.25 Å². The summed E-state index contributed by atoms with van der Waals surface area (Å²) in [5, 5.41) is 11.4. The lowest BCUT2D eigenvalue weighted by molar-refractivity contribution is -0.136. The first-order chi connectivity index (χ1) is 11.7. The zero-order chi connectivity index (χ0) is 16.8. The smallest absolute Gasteiger partial charge is 0.304 e. The van der Waals surface area contributed by atoms with E-state index in [0.29, 0.717) is 0 Å². The molecule has 0 saturated heterocycles. The number of hydrogen-bond donors (Lipinski definition) is 1. The molecular weight excluding hydrogens is 336 g/mol. The summed E-state index contributed by atoms with van der Waals surface area (Å²) in [5.74, 6) is -0.747. The Kier molecular flexibility index (Phi) is 5.72. The van der Waals surface area contributed by atoms with Gasteiger partial charge in [-0.05, 0) is 34.6 Å². The van der Waals surface area contributed by atoms with Gasteiger partial charge in [0.05, 0.1) is 10.6 Å². The van der Waals surface area contributed by atoms with Gasteiger partial charge in [-0.15, -0.1) is 23.1 Å². The highest BCUT2D eigenvalue weighted by atomic mass is 32.2. The minimum atomic E-state index is -0.747. The average molecular weight is 354 g/mol. The van der Waals surface area contributed by atoms with Crippen molar-refractivity contribution in [2.45, 2.75) is 22.3 Å². The average Bonchev–Trinajstić information content (AvgIpc) is 3.04. The van der Waals surface area contributed by atoms with E-state index in [1.54, 1.807) is 23.1 Å². The van der Waals surface area contributed by atoms with Gasteiger partial charge in [-0.1, -0.05) is 60.7 Å². The molecule has 1 unspecified atom stereocenters. The molecule has 2 aromatic carbocycles. The van der Waals surface area contributed by atoms with Crippen molar-refractivity contribution in [2.75, 3.05) is 0 Å². The van der Waals surface area contributed by atoms with Crippen molar-refractivity contribution in [1.29, 1.82) is 0 Å². The van der Waals surface area contributed by atoms with Crippen LogP contribution in [0.4, 0.5) is 0 Å². The molecule has 0 aliphatic rings. The van der Waals surface area contributed by atoms with Crippen LogP contribution in [-0.2, 0) is 11.2 Å². The second-order valence-corrected chi connectivity index (χ2v) is 8.06. The maximum atomic E-state index is 11.2. The summed E-state index contributed by atoms with van der Waals surface area (Å²) >= 11 is 3.35. The minimum absolute atomic E-state index is 0.0344. The summed E-state index contributed by atoms with van der Waals surface area (Å²) in [7, 11) is 0. The number of thioether (sulfide) groups is 1. The molecule has 0 amide bonds. The summed E-state index contributed by atoms with van der Waals surface area (Å²) in [5.41, 5.74) is 3.56. The molecule has 0 saturated carbocycles. The minimum Gasteiger partial charge on any atom is -0.481 e. The first-order valence-corrected chi connectivity index (χ1v) is 9.53. The predicted octanol–water partition coefficient (Wildman–Crippen LogP) is 5.59. The molecule has 3 rings (SSSR count). The largest absolute Gasteiger partial charge is 0.481 e. The van der Waals surface area contributed by atoms with Crippen molar-refractivity contribution >= 4 is 29.1 Å². The van der Waals surface area contributed by atoms with E-state index in [1.165, 1.54) is 16.7 Å². The van der Waals surface area contributed by atoms with E-state index in [9.17, 15) is 9.90 Å². The van der Waals surface area contributed by atoms with Gasteiger partial charge in [-0.2, -0.15) is 0 Å². The molecule has 0 bridgehead atoms. The monoisotopic (exact) mass is 354 g/mol. The first kappa shape index (κ1) is 16.8. The lowest BCUT2D eigenvalue weighted by atomic mass is 10.1. The Bertz CT molecular complexity index is 782. The first-order valence-electron chi connectivity index (χ1n) is 7.77. The van der Waals surface area contributed by atoms with Crippen LogP contribution in [0.25, 0.3) is 11.1 Å². The molecule has 0 aliphatic heterocycles. The van der Waals surface area contributed by atoms with Crippen LogP contribution < -0.4 is 0 Å². The summed E-state index contributed by atoms with van der Waals surface area (Å²) in [6.07, 6.45) is 0.925. The van der Waals surface area contributed by atoms with Gasteiger partial charge in [0.25, 0.3) is 0 Å². The molecule has 122 valence electrons. The number of hydrogen-bond acceptors (Lipinski definition) is 3. The van der Waals surface area contributed by atoms with Gasteiger partial charge in [0.2, 0.25) is 0 Å². The Morgan fingerprint density at radius 2 is 1.67 bits per heavy atom. The Labute approximate surface area is 150 Å². The Morgan fingerprint density at radius 1 is 1.00 bits per heavy atom. The van der Waals surface area contributed by atoms with Crippen LogP contribution in [0.3, 0.4) is 0 Å². The topological polar surface area (TPSA) is 37.3 Å². The second-order valence-electron chi connectivity index (χ2n) is 5.55. The van der Waals surface area contributed by atoms with Crippen molar-refractivity contribution in [3.63, 3.8) is 0 Å². The molecule has 1 aromatic heterocycles. The molecule has 0 aliphatic carbocycles. The third-order valence-electron chi connectivity index (χ3n) is 3.67. The fourth-order valence-electron chi connectivity index (χ4n) is 2.55. The SMILES string of the molecule is O=C(O)CC(Cc1ccccc1)Sc1cc(-c2ccccc2)cs1. The summed E-state index contributed by atoms with van der Waals surface area (Å²) in [6, 6.07) is 22.5. The quantitative estimate of drug-likeness (QED) is 0.562. The van der Waals surface area contributed by atoms with Crippen LogP contribution in [-0.4, -0.2) is 16.3 Å². The number of carbonyl (C=O) groups is 1. The van der Waals surface area contributed by atoms with E-state index in [2.05, 4.69) is 35.7 Å². The van der Waals surface area contributed by atoms with E-state index in [4.69, 9.17) is 0 Å². The zero-order valence-corrected chi connectivity index (χ0v) is 14.7. The maximum Gasteiger partial charge on any atom is 0.304 e. The van der Waals surface area contributed by atoms with Crippen LogP contribution in [0.5, 0.6) is 0 Å². The van der Waals surface area contributed by atoms with Gasteiger partial charge in [-0.3, -0.25) is 4.79 Å². The lowest BCUT2D eigenvalue weighted by Crippen LogP contribution is -2.12. The summed E-state index contributed by atoms with van der Waals surface area (Å²) in [6.45, 7) is 0. The molecule has 0 spiro atoms. The highest BCUT2D eigenvalue weighted by Gasteiger charge is 2.17. The zero-order valence-electron chi connectivity index (χ0n) is 13.1. The van der Waals surface area contributed by atoms with E-state index in [-0.39, 0.29) is 11.7 Å². The van der Waals surface area contributed by atoms with Crippen LogP contribution in [0, 0.1) is 0 Å². The van der Waals surface area contributed by atoms with Crippen molar-refractivity contribution in [2.24, 2.45) is 0 Å². The van der Waals surface area contributed by atoms with Crippen molar-refractivity contribution in [1.82, 2.24) is 0 Å². The molecule has 1 heterocycles. The third kappa shape index (κ3) is 4.73. The normalized spacial score (nSPS) is 12.0. The van der Waals surface area contributed by atoms with Gasteiger partial charge in [0.1, 0.15) is 0 Å². The van der Waals surface area contributed by atoms with E-state index < -0.39 is 5.97 Å². The van der Waals surface area contributed by atoms with Gasteiger partial charge < -0.3 is 5.11 Å². The number of rotatable bonds is 7. The van der Waals surface area contributed by atoms with Crippen molar-refractivity contribution in [3.8, 4) is 11.1 Å². The maximum absolute atomic E-state index is 11.2. The molecule has 4 heteroatoms. The van der Waals surface area contributed by atoms with Crippen LogP contribution >= 0.6 is 23.1 Å². The van der Waals surface area contributed by atoms with Crippen LogP contribution in [0.1, 0.15) is 12.0 Å². The molecule has 24 heavy (non-hydrogen) atoms. The fourth-order valence-corrected chi connectivity index (χ4v) is 4.99. The number of benzene rings is 2. The summed E-state index contributed by atoms with van der Waals surface area (Å²) in [4.78, 5) is 11.2. The van der Waals surface area contributed by atoms with Crippen molar-refractivity contribution < 1.29 is 9.90 Å². The number of aliphatic carboxylic acids is 1. The number of carboxylic acid groups (broad SMARTS) is 1. The second kappa shape index (κ2) is 8.18. The summed E-state index contributed by atoms with van der Waals surface area (Å²) < 4.78 is 1.16. The Hall–Kier alpha value is -2.04. The predicted molar refractivity (Wildman–Crippen MR) is 102 cm³/mol. The van der Waals surface area contributed by atoms with E-state index in [1.807, 2.05) is 36.4 Å². The highest BCUT2D eigenvalue weighted by molar-refractivity contribution is 8.01. The number of carboxylic acids is 1. The highest BCUT2D eigenvalue weighted by Crippen LogP contribution is 2.36. The molecule has 0 radical (unpaired) electrons. The van der Waals surface area contributed by atoms with E-state index in [0.717, 1.165) is 10.6 Å². The standard InChI is InChI=1S/C20H18O2S2/c21-19(22)13-18(11-15-7-3-1-4-8-15)24-20-12-17(14-23-20)16-9-5-2-6-10-16/h1-10,12,14,18H,11,13H2,(H,21,22). The molecule has 0 fully saturated rings. The fraction of sp³-hybridized carbons (Fsp3) is 0.150. The van der Waals surface area contributed by atoms with Crippen molar-refractivity contribution in [3.05, 3.63) is 77.7 Å². The molecule has 1 N–H and O–H groups in total.